The highest BCUT2D eigenvalue weighted by Gasteiger charge is 2.20. The van der Waals surface area contributed by atoms with E-state index in [9.17, 15) is 4.79 Å². The third-order valence-electron chi connectivity index (χ3n) is 3.05. The van der Waals surface area contributed by atoms with Gasteiger partial charge in [-0.15, -0.1) is 5.10 Å². The van der Waals surface area contributed by atoms with Crippen molar-refractivity contribution in [3.63, 3.8) is 0 Å². The van der Waals surface area contributed by atoms with Gasteiger partial charge < -0.3 is 5.32 Å². The lowest BCUT2D eigenvalue weighted by Gasteiger charge is -2.19. The quantitative estimate of drug-likeness (QED) is 0.858. The second kappa shape index (κ2) is 6.91. The van der Waals surface area contributed by atoms with Crippen LogP contribution in [-0.4, -0.2) is 31.9 Å². The molecule has 118 valence electrons. The average Bonchev–Trinajstić information content (AvgIpc) is 2.94. The molecule has 0 aliphatic carbocycles. The zero-order chi connectivity index (χ0) is 16.2. The molecule has 7 heteroatoms. The number of anilines is 1. The fourth-order valence-corrected chi connectivity index (χ4v) is 2.70. The lowest BCUT2D eigenvalue weighted by atomic mass is 10.1. The standard InChI is InChI=1S/C15H21N5OS/c1-5-11-6-8-12(9-7-11)16-13(21)10-22-14-17-18-19-20(14)15(2,3)4/h6-9H,5,10H2,1-4H3,(H,16,21). The Bertz CT molecular complexity index is 630. The van der Waals surface area contributed by atoms with E-state index in [-0.39, 0.29) is 17.2 Å². The molecule has 0 bridgehead atoms. The Morgan fingerprint density at radius 3 is 2.55 bits per heavy atom. The topological polar surface area (TPSA) is 72.7 Å². The van der Waals surface area contributed by atoms with Crippen molar-refractivity contribution in [2.24, 2.45) is 0 Å². The summed E-state index contributed by atoms with van der Waals surface area (Å²) in [4.78, 5) is 12.0. The largest absolute Gasteiger partial charge is 0.325 e. The normalized spacial score (nSPS) is 11.5. The smallest absolute Gasteiger partial charge is 0.234 e. The van der Waals surface area contributed by atoms with E-state index in [0.29, 0.717) is 5.16 Å². The molecule has 6 nitrogen and oxygen atoms in total. The molecule has 22 heavy (non-hydrogen) atoms. The van der Waals surface area contributed by atoms with E-state index in [1.165, 1.54) is 17.3 Å². The lowest BCUT2D eigenvalue weighted by Crippen LogP contribution is -2.24. The fourth-order valence-electron chi connectivity index (χ4n) is 1.84. The van der Waals surface area contributed by atoms with Crippen LogP contribution in [0.5, 0.6) is 0 Å². The van der Waals surface area contributed by atoms with Gasteiger partial charge in [-0.1, -0.05) is 30.8 Å². The Morgan fingerprint density at radius 2 is 1.95 bits per heavy atom. The number of hydrogen-bond acceptors (Lipinski definition) is 5. The van der Waals surface area contributed by atoms with Crippen LogP contribution in [0.15, 0.2) is 29.4 Å². The first-order chi connectivity index (χ1) is 10.4. The zero-order valence-electron chi connectivity index (χ0n) is 13.3. The Hall–Kier alpha value is -1.89. The maximum absolute atomic E-state index is 12.0. The highest BCUT2D eigenvalue weighted by atomic mass is 32.2. The van der Waals surface area contributed by atoms with E-state index >= 15 is 0 Å². The van der Waals surface area contributed by atoms with Crippen molar-refractivity contribution in [2.75, 3.05) is 11.1 Å². The van der Waals surface area contributed by atoms with Gasteiger partial charge in [0.25, 0.3) is 0 Å². The van der Waals surface area contributed by atoms with Gasteiger partial charge in [-0.2, -0.15) is 0 Å². The molecule has 2 rings (SSSR count). The Morgan fingerprint density at radius 1 is 1.27 bits per heavy atom. The highest BCUT2D eigenvalue weighted by molar-refractivity contribution is 7.99. The minimum atomic E-state index is -0.210. The minimum Gasteiger partial charge on any atom is -0.325 e. The van der Waals surface area contributed by atoms with Crippen LogP contribution in [0.25, 0.3) is 0 Å². The number of aromatic nitrogens is 4. The first-order valence-electron chi connectivity index (χ1n) is 7.20. The van der Waals surface area contributed by atoms with Gasteiger partial charge in [0.15, 0.2) is 0 Å². The van der Waals surface area contributed by atoms with Crippen LogP contribution in [0.4, 0.5) is 5.69 Å². The number of thioether (sulfide) groups is 1. The molecule has 0 unspecified atom stereocenters. The second-order valence-electron chi connectivity index (χ2n) is 5.93. The number of rotatable bonds is 5. The van der Waals surface area contributed by atoms with Gasteiger partial charge in [-0.3, -0.25) is 4.79 Å². The van der Waals surface area contributed by atoms with Crippen molar-refractivity contribution >= 4 is 23.4 Å². The molecule has 0 atom stereocenters. The number of carbonyl (C=O) groups excluding carboxylic acids is 1. The third kappa shape index (κ3) is 4.30. The van der Waals surface area contributed by atoms with Crippen molar-refractivity contribution in [3.8, 4) is 0 Å². The average molecular weight is 319 g/mol. The summed E-state index contributed by atoms with van der Waals surface area (Å²) in [5, 5.41) is 15.1. The van der Waals surface area contributed by atoms with Crippen molar-refractivity contribution < 1.29 is 4.79 Å². The van der Waals surface area contributed by atoms with E-state index in [1.807, 2.05) is 45.0 Å². The van der Waals surface area contributed by atoms with Gasteiger partial charge in [0.2, 0.25) is 11.1 Å². The third-order valence-corrected chi connectivity index (χ3v) is 3.97. The Balaban J connectivity index is 1.91. The summed E-state index contributed by atoms with van der Waals surface area (Å²) in [5.41, 5.74) is 1.84. The number of hydrogen-bond donors (Lipinski definition) is 1. The molecule has 0 spiro atoms. The lowest BCUT2D eigenvalue weighted by molar-refractivity contribution is -0.113. The number of nitrogens with zero attached hydrogens (tertiary/aromatic N) is 4. The number of tetrazole rings is 1. The van der Waals surface area contributed by atoms with Gasteiger partial charge in [0.1, 0.15) is 0 Å². The molecule has 1 heterocycles. The molecule has 1 aromatic heterocycles. The van der Waals surface area contributed by atoms with Crippen LogP contribution >= 0.6 is 11.8 Å². The fraction of sp³-hybridized carbons (Fsp3) is 0.467. The van der Waals surface area contributed by atoms with Gasteiger partial charge in [0.05, 0.1) is 11.3 Å². The summed E-state index contributed by atoms with van der Waals surface area (Å²) >= 11 is 1.33. The first-order valence-corrected chi connectivity index (χ1v) is 8.19. The molecule has 1 amide bonds. The Kier molecular flexibility index (Phi) is 5.18. The second-order valence-corrected chi connectivity index (χ2v) is 6.87. The molecule has 0 aliphatic heterocycles. The summed E-state index contributed by atoms with van der Waals surface area (Å²) in [6, 6.07) is 7.87. The summed E-state index contributed by atoms with van der Waals surface area (Å²) in [5.74, 6) is 0.198. The number of benzene rings is 1. The van der Waals surface area contributed by atoms with E-state index in [4.69, 9.17) is 0 Å². The molecule has 0 aliphatic rings. The predicted molar refractivity (Wildman–Crippen MR) is 88.0 cm³/mol. The molecule has 2 aromatic rings. The minimum absolute atomic E-state index is 0.0716. The number of amides is 1. The molecule has 0 fully saturated rings. The van der Waals surface area contributed by atoms with E-state index in [2.05, 4.69) is 27.8 Å². The molecule has 0 saturated carbocycles. The van der Waals surface area contributed by atoms with Crippen molar-refractivity contribution in [1.82, 2.24) is 20.2 Å². The molecular weight excluding hydrogens is 298 g/mol. The van der Waals surface area contributed by atoms with Crippen LogP contribution in [0.1, 0.15) is 33.3 Å². The van der Waals surface area contributed by atoms with Crippen molar-refractivity contribution in [1.29, 1.82) is 0 Å². The molecule has 0 radical (unpaired) electrons. The van der Waals surface area contributed by atoms with Crippen LogP contribution in [-0.2, 0) is 16.8 Å². The van der Waals surface area contributed by atoms with E-state index in [0.717, 1.165) is 12.1 Å². The first kappa shape index (κ1) is 16.5. The van der Waals surface area contributed by atoms with E-state index < -0.39 is 0 Å². The van der Waals surface area contributed by atoms with Crippen molar-refractivity contribution in [2.45, 2.75) is 44.8 Å². The summed E-state index contributed by atoms with van der Waals surface area (Å²) in [6.07, 6.45) is 0.986. The van der Waals surface area contributed by atoms with Crippen molar-refractivity contribution in [3.05, 3.63) is 29.8 Å². The molecule has 0 saturated heterocycles. The van der Waals surface area contributed by atoms with Gasteiger partial charge >= 0.3 is 0 Å². The van der Waals surface area contributed by atoms with Gasteiger partial charge in [-0.25, -0.2) is 4.68 Å². The van der Waals surface area contributed by atoms with E-state index in [1.54, 1.807) is 4.68 Å². The molecule has 1 N–H and O–H groups in total. The number of nitrogens with one attached hydrogen (secondary N) is 1. The van der Waals surface area contributed by atoms with Crippen LogP contribution in [0.3, 0.4) is 0 Å². The number of aryl methyl sites for hydroxylation is 1. The maximum Gasteiger partial charge on any atom is 0.234 e. The predicted octanol–water partition coefficient (Wildman–Crippen LogP) is 2.72. The summed E-state index contributed by atoms with van der Waals surface area (Å²) in [6.45, 7) is 8.15. The maximum atomic E-state index is 12.0. The molecular formula is C15H21N5OS. The highest BCUT2D eigenvalue weighted by Crippen LogP contribution is 2.21. The monoisotopic (exact) mass is 319 g/mol. The Labute approximate surface area is 134 Å². The summed E-state index contributed by atoms with van der Waals surface area (Å²) < 4.78 is 1.72. The van der Waals surface area contributed by atoms with Gasteiger partial charge in [-0.05, 0) is 55.3 Å². The molecule has 1 aromatic carbocycles. The number of carbonyl (C=O) groups is 1. The SMILES string of the molecule is CCc1ccc(NC(=O)CSc2nnnn2C(C)(C)C)cc1. The zero-order valence-corrected chi connectivity index (χ0v) is 14.1. The summed E-state index contributed by atoms with van der Waals surface area (Å²) in [7, 11) is 0. The van der Waals surface area contributed by atoms with Crippen LogP contribution in [0.2, 0.25) is 0 Å². The van der Waals surface area contributed by atoms with Crippen LogP contribution in [0, 0.1) is 0 Å². The van der Waals surface area contributed by atoms with Gasteiger partial charge in [0, 0.05) is 5.69 Å². The van der Waals surface area contributed by atoms with Crippen LogP contribution < -0.4 is 5.32 Å².